The number of hydrogen-bond donors (Lipinski definition) is 4. The number of ether oxygens (including phenoxy) is 1. The Hall–Kier alpha value is -2.90. The molecule has 0 radical (unpaired) electrons. The summed E-state index contributed by atoms with van der Waals surface area (Å²) in [6.45, 7) is 29.6. The number of benzene rings is 1. The van der Waals surface area contributed by atoms with Crippen LogP contribution in [0.5, 0.6) is 0 Å². The van der Waals surface area contributed by atoms with E-state index in [1.165, 1.54) is 6.92 Å². The maximum atomic E-state index is 13.1. The fourth-order valence-electron chi connectivity index (χ4n) is 4.33. The van der Waals surface area contributed by atoms with Crippen molar-refractivity contribution in [3.05, 3.63) is 35.4 Å². The summed E-state index contributed by atoms with van der Waals surface area (Å²) in [7, 11) is 0. The average molecular weight is 797 g/mol. The lowest BCUT2D eigenvalue weighted by molar-refractivity contribution is -0.130. The molecule has 0 heterocycles. The summed E-state index contributed by atoms with van der Waals surface area (Å²) < 4.78 is 5.74. The minimum Gasteiger partial charge on any atom is -0.376 e. The molecule has 0 aliphatic heterocycles. The molecule has 1 aromatic carbocycles. The maximum absolute atomic E-state index is 13.1. The van der Waals surface area contributed by atoms with Gasteiger partial charge in [0.15, 0.2) is 5.78 Å². The topological polar surface area (TPSA) is 160 Å². The predicted octanol–water partition coefficient (Wildman–Crippen LogP) is 6.87. The van der Waals surface area contributed by atoms with Gasteiger partial charge in [0.2, 0.25) is 17.7 Å². The fraction of sp³-hybridized carbons (Fsp3) is 0.707. The van der Waals surface area contributed by atoms with E-state index in [1.54, 1.807) is 54.7 Å². The number of rotatable bonds is 21. The van der Waals surface area contributed by atoms with Crippen LogP contribution in [-0.2, 0) is 23.9 Å². The third kappa shape index (κ3) is 26.0. The third-order valence-electron chi connectivity index (χ3n) is 7.31. The van der Waals surface area contributed by atoms with Gasteiger partial charge in [-0.2, -0.15) is 23.5 Å². The van der Waals surface area contributed by atoms with Gasteiger partial charge >= 0.3 is 0 Å². The molecular weight excluding hydrogens is 725 g/mol. The second-order valence-corrected chi connectivity index (χ2v) is 18.5. The molecule has 0 aliphatic carbocycles. The summed E-state index contributed by atoms with van der Waals surface area (Å²) in [5.74, 6) is 0.400. The standard InChI is InChI=1S/C28H46N2O4S2.C11H20N2O3.C2H6/c1-19(2)35-17-23(18-36-20(3)4)25(32)21-10-12-22(13-11-21)26(33)29-16-24(31)30-28(8,9)14-15-34-27(5,6)7;1-5-9(15)13-10(7(2)3)11(16)12-6-8(4)14;1-2/h10-13,19-20,23H,14-18H2,1-9H3,(H,29,33)(H,30,31);7,10H,5-6H2,1-4H3,(H,12,16)(H,13,15);1-2H3. The number of thioether (sulfide) groups is 2. The van der Waals surface area contributed by atoms with E-state index < -0.39 is 11.6 Å². The van der Waals surface area contributed by atoms with Crippen LogP contribution in [-0.4, -0.2) is 94.1 Å². The molecular formula is C41H72N4O7S2. The Bertz CT molecular complexity index is 1280. The quantitative estimate of drug-likeness (QED) is 0.0975. The first-order valence-corrected chi connectivity index (χ1v) is 21.2. The molecule has 4 N–H and O–H groups in total. The van der Waals surface area contributed by atoms with Crippen molar-refractivity contribution in [3.8, 4) is 0 Å². The third-order valence-corrected chi connectivity index (χ3v) is 9.83. The van der Waals surface area contributed by atoms with Crippen molar-refractivity contribution < 1.29 is 33.5 Å². The highest BCUT2D eigenvalue weighted by Gasteiger charge is 2.25. The zero-order chi connectivity index (χ0) is 42.2. The van der Waals surface area contributed by atoms with Gasteiger partial charge in [0, 0.05) is 47.1 Å². The van der Waals surface area contributed by atoms with Gasteiger partial charge in [0.1, 0.15) is 11.8 Å². The molecule has 4 amide bonds. The van der Waals surface area contributed by atoms with Crippen LogP contribution in [0.3, 0.4) is 0 Å². The van der Waals surface area contributed by atoms with Gasteiger partial charge in [-0.05, 0) is 76.5 Å². The van der Waals surface area contributed by atoms with E-state index in [9.17, 15) is 28.8 Å². The first kappa shape index (κ1) is 53.2. The summed E-state index contributed by atoms with van der Waals surface area (Å²) in [5, 5.41) is 11.7. The number of carbonyl (C=O) groups excluding carboxylic acids is 6. The predicted molar refractivity (Wildman–Crippen MR) is 226 cm³/mol. The molecule has 0 saturated heterocycles. The molecule has 0 aliphatic rings. The molecule has 1 aromatic rings. The van der Waals surface area contributed by atoms with Gasteiger partial charge in [-0.1, -0.05) is 74.4 Å². The zero-order valence-electron chi connectivity index (χ0n) is 35.8. The lowest BCUT2D eigenvalue weighted by atomic mass is 9.99. The summed E-state index contributed by atoms with van der Waals surface area (Å²) >= 11 is 3.59. The number of ketones is 2. The van der Waals surface area contributed by atoms with Gasteiger partial charge in [-0.15, -0.1) is 0 Å². The molecule has 54 heavy (non-hydrogen) atoms. The van der Waals surface area contributed by atoms with Crippen LogP contribution < -0.4 is 21.3 Å². The SMILES string of the molecule is CC.CC(C)SCC(CSC(C)C)C(=O)c1ccc(C(=O)NCC(=O)NC(C)(C)CCOC(C)(C)C)cc1.CCC(=O)NC(C(=O)NCC(C)=O)C(C)C. The lowest BCUT2D eigenvalue weighted by Gasteiger charge is -2.28. The van der Waals surface area contributed by atoms with Crippen molar-refractivity contribution in [3.63, 3.8) is 0 Å². The summed E-state index contributed by atoms with van der Waals surface area (Å²) in [6.07, 6.45) is 0.995. The van der Waals surface area contributed by atoms with E-state index in [0.29, 0.717) is 41.1 Å². The molecule has 13 heteroatoms. The molecule has 0 saturated carbocycles. The Morgan fingerprint density at radius 2 is 1.24 bits per heavy atom. The Morgan fingerprint density at radius 3 is 1.67 bits per heavy atom. The van der Waals surface area contributed by atoms with Gasteiger partial charge in [0.05, 0.1) is 18.7 Å². The number of amides is 4. The highest BCUT2D eigenvalue weighted by Crippen LogP contribution is 2.24. The van der Waals surface area contributed by atoms with Crippen LogP contribution in [0.2, 0.25) is 0 Å². The van der Waals surface area contributed by atoms with Crippen molar-refractivity contribution >= 4 is 58.7 Å². The number of hydrogen-bond acceptors (Lipinski definition) is 9. The van der Waals surface area contributed by atoms with Gasteiger partial charge < -0.3 is 26.0 Å². The normalized spacial score (nSPS) is 11.9. The average Bonchev–Trinajstić information content (AvgIpc) is 3.08. The molecule has 0 bridgehead atoms. The molecule has 1 rings (SSSR count). The fourth-order valence-corrected chi connectivity index (χ4v) is 6.25. The summed E-state index contributed by atoms with van der Waals surface area (Å²) in [4.78, 5) is 71.7. The van der Waals surface area contributed by atoms with Crippen molar-refractivity contribution in [1.82, 2.24) is 21.3 Å². The molecule has 310 valence electrons. The van der Waals surface area contributed by atoms with E-state index in [0.717, 1.165) is 11.5 Å². The Kier molecular flexibility index (Phi) is 27.2. The number of nitrogens with one attached hydrogen (secondary N) is 4. The van der Waals surface area contributed by atoms with Crippen LogP contribution in [0.1, 0.15) is 137 Å². The second-order valence-electron chi connectivity index (χ2n) is 15.3. The smallest absolute Gasteiger partial charge is 0.251 e. The van der Waals surface area contributed by atoms with Crippen molar-refractivity contribution in [2.75, 3.05) is 31.2 Å². The molecule has 0 fully saturated rings. The van der Waals surface area contributed by atoms with E-state index in [4.69, 9.17) is 4.74 Å². The largest absolute Gasteiger partial charge is 0.376 e. The highest BCUT2D eigenvalue weighted by molar-refractivity contribution is 8.00. The van der Waals surface area contributed by atoms with E-state index >= 15 is 0 Å². The summed E-state index contributed by atoms with van der Waals surface area (Å²) in [6, 6.07) is 6.14. The second kappa shape index (κ2) is 27.6. The maximum Gasteiger partial charge on any atom is 0.251 e. The van der Waals surface area contributed by atoms with Gasteiger partial charge in [0.25, 0.3) is 5.91 Å². The van der Waals surface area contributed by atoms with Crippen molar-refractivity contribution in [2.45, 2.75) is 144 Å². The van der Waals surface area contributed by atoms with E-state index in [1.807, 2.05) is 62.3 Å². The first-order valence-electron chi connectivity index (χ1n) is 19.1. The monoisotopic (exact) mass is 796 g/mol. The molecule has 1 unspecified atom stereocenters. The highest BCUT2D eigenvalue weighted by atomic mass is 32.2. The molecule has 11 nitrogen and oxygen atoms in total. The summed E-state index contributed by atoms with van der Waals surface area (Å²) in [5.41, 5.74) is 0.354. The molecule has 1 atom stereocenters. The Labute approximate surface area is 335 Å². The minimum atomic E-state index is -0.577. The van der Waals surface area contributed by atoms with Crippen LogP contribution >= 0.6 is 23.5 Å². The molecule has 0 aromatic heterocycles. The van der Waals surface area contributed by atoms with Gasteiger partial charge in [-0.25, -0.2) is 0 Å². The Morgan fingerprint density at radius 1 is 0.741 bits per heavy atom. The van der Waals surface area contributed by atoms with Crippen LogP contribution in [0, 0.1) is 11.8 Å². The van der Waals surface area contributed by atoms with E-state index in [2.05, 4.69) is 49.0 Å². The lowest BCUT2D eigenvalue weighted by Crippen LogP contribution is -2.50. The van der Waals surface area contributed by atoms with Crippen LogP contribution in [0.4, 0.5) is 0 Å². The minimum absolute atomic E-state index is 0.00402. The molecule has 0 spiro atoms. The van der Waals surface area contributed by atoms with Gasteiger partial charge in [-0.3, -0.25) is 28.8 Å². The van der Waals surface area contributed by atoms with E-state index in [-0.39, 0.29) is 65.7 Å². The first-order chi connectivity index (χ1) is 25.0. The zero-order valence-corrected chi connectivity index (χ0v) is 37.5. The van der Waals surface area contributed by atoms with Crippen molar-refractivity contribution in [1.29, 1.82) is 0 Å². The van der Waals surface area contributed by atoms with Crippen LogP contribution in [0.15, 0.2) is 24.3 Å². The van der Waals surface area contributed by atoms with Crippen molar-refractivity contribution in [2.24, 2.45) is 11.8 Å². The number of Topliss-reactive ketones (excluding diaryl/α,β-unsaturated/α-hetero) is 2. The van der Waals surface area contributed by atoms with Crippen LogP contribution in [0.25, 0.3) is 0 Å². The number of carbonyl (C=O) groups is 6. The Balaban J connectivity index is 0.